The predicted molar refractivity (Wildman–Crippen MR) is 90.9 cm³/mol. The molecule has 4 atom stereocenters. The summed E-state index contributed by atoms with van der Waals surface area (Å²) in [5, 5.41) is 31.7. The number of aliphatic carboxylic acids is 2. The lowest BCUT2D eigenvalue weighted by atomic mass is 10.1. The van der Waals surface area contributed by atoms with Crippen LogP contribution in [0, 0.1) is 0 Å². The first-order valence-electron chi connectivity index (χ1n) is 8.29. The summed E-state index contributed by atoms with van der Waals surface area (Å²) >= 11 is 0. The van der Waals surface area contributed by atoms with Gasteiger partial charge in [-0.25, -0.2) is 4.79 Å². The third kappa shape index (κ3) is 9.30. The van der Waals surface area contributed by atoms with Crippen molar-refractivity contribution in [1.29, 1.82) is 0 Å². The van der Waals surface area contributed by atoms with E-state index in [0.717, 1.165) is 0 Å². The molecule has 0 aliphatic carbocycles. The van der Waals surface area contributed by atoms with Crippen LogP contribution in [0.2, 0.25) is 0 Å². The minimum absolute atomic E-state index is 0.107. The first-order valence-corrected chi connectivity index (χ1v) is 8.29. The fourth-order valence-electron chi connectivity index (χ4n) is 2.09. The number of aliphatic hydroxyl groups is 1. The molecule has 4 unspecified atom stereocenters. The normalized spacial score (nSPS) is 15.4. The van der Waals surface area contributed by atoms with Crippen LogP contribution in [0.25, 0.3) is 0 Å². The number of unbranched alkanes of at least 4 members (excludes halogenated alkanes) is 1. The summed E-state index contributed by atoms with van der Waals surface area (Å²) < 4.78 is 0. The van der Waals surface area contributed by atoms with Crippen molar-refractivity contribution in [2.24, 2.45) is 11.5 Å². The zero-order chi connectivity index (χ0) is 20.3. The van der Waals surface area contributed by atoms with Gasteiger partial charge in [0.2, 0.25) is 11.8 Å². The molecular formula is C15H28N4O7. The van der Waals surface area contributed by atoms with Gasteiger partial charge >= 0.3 is 11.9 Å². The van der Waals surface area contributed by atoms with Crippen molar-refractivity contribution >= 4 is 23.8 Å². The molecule has 9 N–H and O–H groups in total. The van der Waals surface area contributed by atoms with Gasteiger partial charge in [0.1, 0.15) is 6.04 Å². The molecule has 0 spiro atoms. The Balaban J connectivity index is 4.96. The number of carboxylic acid groups (broad SMARTS) is 2. The largest absolute Gasteiger partial charge is 0.481 e. The van der Waals surface area contributed by atoms with Crippen LogP contribution in [-0.4, -0.2) is 69.8 Å². The van der Waals surface area contributed by atoms with Gasteiger partial charge in [0.15, 0.2) is 6.04 Å². The minimum Gasteiger partial charge on any atom is -0.481 e. The Morgan fingerprint density at radius 1 is 1.00 bits per heavy atom. The van der Waals surface area contributed by atoms with Crippen LogP contribution in [0.4, 0.5) is 0 Å². The van der Waals surface area contributed by atoms with E-state index in [9.17, 15) is 24.3 Å². The maximum Gasteiger partial charge on any atom is 0.328 e. The summed E-state index contributed by atoms with van der Waals surface area (Å²) in [6, 6.07) is -3.73. The molecule has 0 aromatic rings. The highest BCUT2D eigenvalue weighted by Crippen LogP contribution is 2.04. The van der Waals surface area contributed by atoms with Crippen LogP contribution >= 0.6 is 0 Å². The molecule has 0 aliphatic rings. The molecule has 2 amide bonds. The van der Waals surface area contributed by atoms with Crippen LogP contribution < -0.4 is 22.1 Å². The summed E-state index contributed by atoms with van der Waals surface area (Å²) in [7, 11) is 0. The van der Waals surface area contributed by atoms with Gasteiger partial charge in [-0.3, -0.25) is 14.4 Å². The number of carbonyl (C=O) groups excluding carboxylic acids is 2. The number of aliphatic hydroxyl groups excluding tert-OH is 1. The first-order chi connectivity index (χ1) is 12.1. The average molecular weight is 376 g/mol. The van der Waals surface area contributed by atoms with Gasteiger partial charge in [-0.05, 0) is 39.2 Å². The molecule has 26 heavy (non-hydrogen) atoms. The van der Waals surface area contributed by atoms with E-state index in [2.05, 4.69) is 10.6 Å². The molecule has 0 rings (SSSR count). The molecule has 0 heterocycles. The van der Waals surface area contributed by atoms with Crippen LogP contribution in [0.15, 0.2) is 0 Å². The molecule has 11 heteroatoms. The van der Waals surface area contributed by atoms with Crippen LogP contribution in [0.1, 0.15) is 39.0 Å². The molecule has 0 saturated carbocycles. The maximum atomic E-state index is 12.3. The monoisotopic (exact) mass is 376 g/mol. The van der Waals surface area contributed by atoms with E-state index in [1.165, 1.54) is 6.92 Å². The summed E-state index contributed by atoms with van der Waals surface area (Å²) in [6.07, 6.45) is -0.484. The van der Waals surface area contributed by atoms with E-state index in [-0.39, 0.29) is 19.3 Å². The summed E-state index contributed by atoms with van der Waals surface area (Å²) in [5.74, 6) is -4.03. The number of rotatable bonds is 13. The zero-order valence-electron chi connectivity index (χ0n) is 14.7. The van der Waals surface area contributed by atoms with Crippen molar-refractivity contribution in [3.63, 3.8) is 0 Å². The van der Waals surface area contributed by atoms with Crippen molar-refractivity contribution in [3.8, 4) is 0 Å². The fourth-order valence-corrected chi connectivity index (χ4v) is 2.09. The lowest BCUT2D eigenvalue weighted by Gasteiger charge is -2.23. The van der Waals surface area contributed by atoms with E-state index >= 15 is 0 Å². The van der Waals surface area contributed by atoms with Gasteiger partial charge in [0, 0.05) is 6.42 Å². The van der Waals surface area contributed by atoms with Gasteiger partial charge in [0.25, 0.3) is 0 Å². The fraction of sp³-hybridized carbons (Fsp3) is 0.733. The SMILES string of the molecule is CC(O)C(NC(=O)C(CCCCN)NC(=O)C(N)CCC(=O)O)C(=O)O. The molecule has 0 radical (unpaired) electrons. The molecule has 0 aromatic carbocycles. The maximum absolute atomic E-state index is 12.3. The van der Waals surface area contributed by atoms with Crippen LogP contribution in [-0.2, 0) is 19.2 Å². The van der Waals surface area contributed by atoms with Gasteiger partial charge < -0.3 is 37.4 Å². The highest BCUT2D eigenvalue weighted by molar-refractivity contribution is 5.92. The minimum atomic E-state index is -1.53. The number of hydrogen-bond acceptors (Lipinski definition) is 7. The Bertz CT molecular complexity index is 498. The van der Waals surface area contributed by atoms with Crippen molar-refractivity contribution < 1.29 is 34.5 Å². The number of nitrogens with two attached hydrogens (primary N) is 2. The highest BCUT2D eigenvalue weighted by Gasteiger charge is 2.30. The van der Waals surface area contributed by atoms with Gasteiger partial charge in [-0.1, -0.05) is 0 Å². The Kier molecular flexibility index (Phi) is 11.1. The molecule has 0 aliphatic heterocycles. The van der Waals surface area contributed by atoms with E-state index in [1.54, 1.807) is 0 Å². The van der Waals surface area contributed by atoms with E-state index in [0.29, 0.717) is 19.4 Å². The first kappa shape index (κ1) is 23.8. The number of carboxylic acids is 2. The molecule has 0 bridgehead atoms. The molecule has 0 aromatic heterocycles. The number of amides is 2. The van der Waals surface area contributed by atoms with Gasteiger partial charge in [-0.15, -0.1) is 0 Å². The van der Waals surface area contributed by atoms with Crippen LogP contribution in [0.5, 0.6) is 0 Å². The Morgan fingerprint density at radius 3 is 2.08 bits per heavy atom. The topological polar surface area (TPSA) is 205 Å². The smallest absolute Gasteiger partial charge is 0.328 e. The van der Waals surface area contributed by atoms with Crippen molar-refractivity contribution in [1.82, 2.24) is 10.6 Å². The van der Waals surface area contributed by atoms with Crippen molar-refractivity contribution in [3.05, 3.63) is 0 Å². The lowest BCUT2D eigenvalue weighted by Crippen LogP contribution is -2.56. The second kappa shape index (κ2) is 12.2. The third-order valence-corrected chi connectivity index (χ3v) is 3.63. The average Bonchev–Trinajstić information content (AvgIpc) is 2.55. The summed E-state index contributed by atoms with van der Waals surface area (Å²) in [4.78, 5) is 46.0. The van der Waals surface area contributed by atoms with Gasteiger partial charge in [-0.2, -0.15) is 0 Å². The molecule has 11 nitrogen and oxygen atoms in total. The third-order valence-electron chi connectivity index (χ3n) is 3.63. The molecular weight excluding hydrogens is 348 g/mol. The number of carbonyl (C=O) groups is 4. The van der Waals surface area contributed by atoms with E-state index < -0.39 is 48.0 Å². The molecule has 150 valence electrons. The summed E-state index contributed by atoms with van der Waals surface area (Å²) in [5.41, 5.74) is 11.0. The van der Waals surface area contributed by atoms with E-state index in [4.69, 9.17) is 21.7 Å². The highest BCUT2D eigenvalue weighted by atomic mass is 16.4. The zero-order valence-corrected chi connectivity index (χ0v) is 14.7. The summed E-state index contributed by atoms with van der Waals surface area (Å²) in [6.45, 7) is 1.59. The Morgan fingerprint density at radius 2 is 1.62 bits per heavy atom. The molecule has 0 saturated heterocycles. The van der Waals surface area contributed by atoms with Crippen molar-refractivity contribution in [2.75, 3.05) is 6.54 Å². The molecule has 0 fully saturated rings. The second-order valence-electron chi connectivity index (χ2n) is 5.95. The lowest BCUT2D eigenvalue weighted by molar-refractivity contribution is -0.145. The van der Waals surface area contributed by atoms with Crippen LogP contribution in [0.3, 0.4) is 0 Å². The predicted octanol–water partition coefficient (Wildman–Crippen LogP) is -2.26. The Labute approximate surface area is 151 Å². The standard InChI is InChI=1S/C15H28N4O7/c1-8(20)12(15(25)26)19-14(24)10(4-2-3-7-16)18-13(23)9(17)5-6-11(21)22/h8-10,12,20H,2-7,16-17H2,1H3,(H,18,23)(H,19,24)(H,21,22)(H,25,26). The number of hydrogen-bond donors (Lipinski definition) is 7. The van der Waals surface area contributed by atoms with E-state index in [1.807, 2.05) is 0 Å². The second-order valence-corrected chi connectivity index (χ2v) is 5.95. The van der Waals surface area contributed by atoms with Crippen molar-refractivity contribution in [2.45, 2.75) is 63.3 Å². The Hall–Kier alpha value is -2.24. The van der Waals surface area contributed by atoms with Gasteiger partial charge in [0.05, 0.1) is 12.1 Å². The number of nitrogens with one attached hydrogen (secondary N) is 2. The quantitative estimate of drug-likeness (QED) is 0.173.